The second-order valence-corrected chi connectivity index (χ2v) is 7.53. The van der Waals surface area contributed by atoms with Gasteiger partial charge in [-0.15, -0.1) is 0 Å². The van der Waals surface area contributed by atoms with Crippen LogP contribution in [0.5, 0.6) is 0 Å². The monoisotopic (exact) mass is 359 g/mol. The summed E-state index contributed by atoms with van der Waals surface area (Å²) >= 11 is 0. The lowest BCUT2D eigenvalue weighted by molar-refractivity contribution is 0.0649. The van der Waals surface area contributed by atoms with E-state index < -0.39 is 0 Å². The number of nitrogens with zero attached hydrogens (tertiary/aromatic N) is 2. The van der Waals surface area contributed by atoms with Crippen LogP contribution in [0.15, 0.2) is 47.3 Å². The molecule has 136 valence electrons. The summed E-state index contributed by atoms with van der Waals surface area (Å²) in [6.07, 6.45) is 4.48. The van der Waals surface area contributed by atoms with Gasteiger partial charge in [-0.3, -0.25) is 9.59 Å². The lowest BCUT2D eigenvalue weighted by Crippen LogP contribution is -2.35. The van der Waals surface area contributed by atoms with E-state index in [0.717, 1.165) is 35.0 Å². The maximum atomic E-state index is 13.1. The number of nitrogens with one attached hydrogen (secondary N) is 1. The molecule has 1 unspecified atom stereocenters. The van der Waals surface area contributed by atoms with Gasteiger partial charge < -0.3 is 9.88 Å². The molecule has 2 aromatic carbocycles. The van der Waals surface area contributed by atoms with Gasteiger partial charge in [-0.05, 0) is 43.5 Å². The van der Waals surface area contributed by atoms with E-state index in [-0.39, 0.29) is 17.5 Å². The van der Waals surface area contributed by atoms with E-state index in [4.69, 9.17) is 0 Å². The second kappa shape index (κ2) is 6.05. The molecule has 1 atom stereocenters. The van der Waals surface area contributed by atoms with Crippen LogP contribution >= 0.6 is 0 Å². The molecule has 27 heavy (non-hydrogen) atoms. The third-order valence-electron chi connectivity index (χ3n) is 5.98. The molecule has 1 N–H and O–H groups in total. The smallest absolute Gasteiger partial charge is 0.274 e. The number of aromatic nitrogens is 2. The first-order valence-corrected chi connectivity index (χ1v) is 9.60. The van der Waals surface area contributed by atoms with Crippen molar-refractivity contribution in [3.05, 3.63) is 63.9 Å². The minimum atomic E-state index is -0.221. The fourth-order valence-electron chi connectivity index (χ4n) is 4.74. The fourth-order valence-corrected chi connectivity index (χ4v) is 4.74. The van der Waals surface area contributed by atoms with Crippen molar-refractivity contribution in [1.29, 1.82) is 0 Å². The molecule has 1 saturated carbocycles. The summed E-state index contributed by atoms with van der Waals surface area (Å²) in [5, 5.41) is 0. The highest BCUT2D eigenvalue weighted by Crippen LogP contribution is 2.42. The Bertz CT molecular complexity index is 1110. The molecular formula is C22H21N3O2. The van der Waals surface area contributed by atoms with E-state index in [9.17, 15) is 9.59 Å². The molecule has 0 spiro atoms. The van der Waals surface area contributed by atoms with Crippen LogP contribution in [0.1, 0.15) is 54.6 Å². The predicted molar refractivity (Wildman–Crippen MR) is 105 cm³/mol. The first-order valence-electron chi connectivity index (χ1n) is 9.60. The third-order valence-corrected chi connectivity index (χ3v) is 5.98. The number of benzene rings is 2. The molecule has 0 radical (unpaired) electrons. The predicted octanol–water partition coefficient (Wildman–Crippen LogP) is 4.05. The number of hydrogen-bond donors (Lipinski definition) is 1. The molecule has 2 heterocycles. The van der Waals surface area contributed by atoms with Gasteiger partial charge in [0.25, 0.3) is 11.5 Å². The summed E-state index contributed by atoms with van der Waals surface area (Å²) in [5.74, 6) is 0.0865. The van der Waals surface area contributed by atoms with Crippen molar-refractivity contribution in [2.75, 3.05) is 0 Å². The molecule has 0 bridgehead atoms. The number of aromatic amines is 1. The van der Waals surface area contributed by atoms with Crippen LogP contribution in [0.4, 0.5) is 0 Å². The molecular weight excluding hydrogens is 338 g/mol. The number of carbonyl (C=O) groups is 1. The zero-order chi connectivity index (χ0) is 18.5. The fraction of sp³-hybridized carbons (Fsp3) is 0.318. The van der Waals surface area contributed by atoms with Gasteiger partial charge in [0.05, 0.1) is 17.1 Å². The summed E-state index contributed by atoms with van der Waals surface area (Å²) in [4.78, 5) is 35.4. The highest BCUT2D eigenvalue weighted by atomic mass is 16.2. The number of rotatable bonds is 2. The van der Waals surface area contributed by atoms with Gasteiger partial charge in [-0.2, -0.15) is 0 Å². The Morgan fingerprint density at radius 3 is 2.56 bits per heavy atom. The second-order valence-electron chi connectivity index (χ2n) is 7.53. The normalized spacial score (nSPS) is 19.8. The lowest BCUT2D eigenvalue weighted by Gasteiger charge is -2.29. The molecule has 1 aliphatic heterocycles. The van der Waals surface area contributed by atoms with Gasteiger partial charge in [0.15, 0.2) is 0 Å². The Hall–Kier alpha value is -2.95. The lowest BCUT2D eigenvalue weighted by atomic mass is 9.96. The minimum Gasteiger partial charge on any atom is -0.329 e. The van der Waals surface area contributed by atoms with Gasteiger partial charge in [0.1, 0.15) is 5.69 Å². The van der Waals surface area contributed by atoms with Crippen molar-refractivity contribution < 1.29 is 4.79 Å². The van der Waals surface area contributed by atoms with Gasteiger partial charge in [-0.1, -0.05) is 37.1 Å². The average Bonchev–Trinajstić information content (AvgIpc) is 3.28. The summed E-state index contributed by atoms with van der Waals surface area (Å²) in [5.41, 5.74) is 4.04. The largest absolute Gasteiger partial charge is 0.329 e. The van der Waals surface area contributed by atoms with E-state index >= 15 is 0 Å². The number of H-pyrrole nitrogens is 1. The van der Waals surface area contributed by atoms with Crippen molar-refractivity contribution in [2.45, 2.75) is 44.7 Å². The highest BCUT2D eigenvalue weighted by molar-refractivity contribution is 6.01. The van der Waals surface area contributed by atoms with E-state index in [1.54, 1.807) is 0 Å². The first kappa shape index (κ1) is 16.2. The van der Waals surface area contributed by atoms with Gasteiger partial charge >= 0.3 is 0 Å². The summed E-state index contributed by atoms with van der Waals surface area (Å²) in [6, 6.07) is 13.4. The molecule has 1 aromatic heterocycles. The van der Waals surface area contributed by atoms with Crippen molar-refractivity contribution in [1.82, 2.24) is 14.9 Å². The van der Waals surface area contributed by atoms with Gasteiger partial charge in [0, 0.05) is 17.2 Å². The Balaban J connectivity index is 1.68. The van der Waals surface area contributed by atoms with Crippen LogP contribution in [0.25, 0.3) is 22.3 Å². The highest BCUT2D eigenvalue weighted by Gasteiger charge is 2.40. The van der Waals surface area contributed by atoms with Crippen molar-refractivity contribution in [2.24, 2.45) is 0 Å². The summed E-state index contributed by atoms with van der Waals surface area (Å²) in [6.45, 7) is 2.07. The van der Waals surface area contributed by atoms with E-state index in [0.29, 0.717) is 17.3 Å². The number of carbonyl (C=O) groups excluding carboxylic acids is 1. The van der Waals surface area contributed by atoms with Crippen molar-refractivity contribution in [3.63, 3.8) is 0 Å². The molecule has 1 amide bonds. The molecule has 3 aromatic rings. The van der Waals surface area contributed by atoms with Crippen LogP contribution in [0.2, 0.25) is 0 Å². The first-order chi connectivity index (χ1) is 13.1. The number of fused-ring (bicyclic) bond motifs is 2. The zero-order valence-electron chi connectivity index (χ0n) is 15.2. The van der Waals surface area contributed by atoms with Crippen LogP contribution in [0.3, 0.4) is 0 Å². The minimum absolute atomic E-state index is 0.0422. The number of para-hydroxylation sites is 2. The topological polar surface area (TPSA) is 66.1 Å². The molecule has 5 nitrogen and oxygen atoms in total. The molecule has 1 aliphatic carbocycles. The SMILES string of the molecule is CC1c2c(cccc2-c2nc3ccccc3[nH]c2=O)C(=O)N1C1CCCC1. The number of amides is 1. The maximum Gasteiger partial charge on any atom is 0.274 e. The van der Waals surface area contributed by atoms with Crippen LogP contribution in [-0.4, -0.2) is 26.8 Å². The number of hydrogen-bond acceptors (Lipinski definition) is 3. The zero-order valence-corrected chi connectivity index (χ0v) is 15.2. The summed E-state index contributed by atoms with van der Waals surface area (Å²) < 4.78 is 0. The molecule has 1 fully saturated rings. The van der Waals surface area contributed by atoms with Crippen LogP contribution in [0, 0.1) is 0 Å². The van der Waals surface area contributed by atoms with Gasteiger partial charge in [-0.25, -0.2) is 4.98 Å². The van der Waals surface area contributed by atoms with Crippen molar-refractivity contribution >= 4 is 16.9 Å². The molecule has 5 rings (SSSR count). The van der Waals surface area contributed by atoms with Gasteiger partial charge in [0.2, 0.25) is 0 Å². The Labute approximate surface area is 157 Å². The Morgan fingerprint density at radius 2 is 1.74 bits per heavy atom. The molecule has 5 heteroatoms. The van der Waals surface area contributed by atoms with Crippen LogP contribution in [-0.2, 0) is 0 Å². The van der Waals surface area contributed by atoms with E-state index in [1.165, 1.54) is 12.8 Å². The van der Waals surface area contributed by atoms with Crippen LogP contribution < -0.4 is 5.56 Å². The molecule has 0 saturated heterocycles. The quantitative estimate of drug-likeness (QED) is 0.751. The van der Waals surface area contributed by atoms with E-state index in [1.807, 2.05) is 47.4 Å². The standard InChI is InChI=1S/C22H21N3O2/c1-13-19-15(20-21(26)24-18-12-5-4-11-17(18)23-20)9-6-10-16(19)22(27)25(13)14-7-2-3-8-14/h4-6,9-14H,2-3,7-8H2,1H3,(H,24,26). The average molecular weight is 359 g/mol. The Kier molecular flexibility index (Phi) is 3.64. The van der Waals surface area contributed by atoms with Crippen molar-refractivity contribution in [3.8, 4) is 11.3 Å². The molecule has 2 aliphatic rings. The Morgan fingerprint density at radius 1 is 1.00 bits per heavy atom. The van der Waals surface area contributed by atoms with E-state index in [2.05, 4.69) is 16.9 Å². The summed E-state index contributed by atoms with van der Waals surface area (Å²) in [7, 11) is 0. The third kappa shape index (κ3) is 2.41. The maximum absolute atomic E-state index is 13.1.